The topological polar surface area (TPSA) is 27.7 Å². The molecule has 2 fully saturated rings. The number of rotatable bonds is 5. The van der Waals surface area contributed by atoms with Crippen molar-refractivity contribution in [2.24, 2.45) is 0 Å². The molecule has 0 aromatic rings. The lowest BCUT2D eigenvalue weighted by atomic mass is 9.99. The molecule has 0 amide bonds. The second kappa shape index (κ2) is 6.73. The average molecular weight is 283 g/mol. The van der Waals surface area contributed by atoms with Crippen LogP contribution in [0.25, 0.3) is 0 Å². The summed E-state index contributed by atoms with van der Waals surface area (Å²) in [5.41, 5.74) is 0.287. The number of ether oxygens (including phenoxy) is 1. The Bertz CT molecular complexity index is 306. The maximum atomic E-state index is 6.19. The van der Waals surface area contributed by atoms with Gasteiger partial charge in [-0.05, 0) is 33.7 Å². The lowest BCUT2D eigenvalue weighted by molar-refractivity contribution is -0.0121. The molecule has 0 radical (unpaired) electrons. The minimum Gasteiger partial charge on any atom is -0.372 e. The Morgan fingerprint density at radius 3 is 2.55 bits per heavy atom. The van der Waals surface area contributed by atoms with Crippen LogP contribution in [0.2, 0.25) is 0 Å². The average Bonchev–Trinajstić information content (AvgIpc) is 2.79. The minimum atomic E-state index is 0.287. The number of hydrogen-bond donors (Lipinski definition) is 1. The minimum absolute atomic E-state index is 0.287. The van der Waals surface area contributed by atoms with Crippen LogP contribution < -0.4 is 5.32 Å². The summed E-state index contributed by atoms with van der Waals surface area (Å²) in [5, 5.41) is 3.49. The zero-order valence-electron chi connectivity index (χ0n) is 14.0. The Kier molecular flexibility index (Phi) is 5.46. The summed E-state index contributed by atoms with van der Waals surface area (Å²) < 4.78 is 6.19. The van der Waals surface area contributed by atoms with E-state index in [4.69, 9.17) is 4.74 Å². The van der Waals surface area contributed by atoms with Crippen LogP contribution in [-0.4, -0.2) is 73.4 Å². The van der Waals surface area contributed by atoms with Crippen LogP contribution >= 0.6 is 0 Å². The van der Waals surface area contributed by atoms with Crippen molar-refractivity contribution in [2.75, 3.05) is 39.8 Å². The highest BCUT2D eigenvalue weighted by atomic mass is 16.5. The summed E-state index contributed by atoms with van der Waals surface area (Å²) in [4.78, 5) is 5.05. The molecule has 2 unspecified atom stereocenters. The molecule has 0 spiro atoms. The van der Waals surface area contributed by atoms with Crippen molar-refractivity contribution in [3.05, 3.63) is 0 Å². The molecule has 0 bridgehead atoms. The summed E-state index contributed by atoms with van der Waals surface area (Å²) in [5.74, 6) is 0. The van der Waals surface area contributed by atoms with Gasteiger partial charge < -0.3 is 10.1 Å². The zero-order chi connectivity index (χ0) is 14.8. The predicted molar refractivity (Wildman–Crippen MR) is 84.2 cm³/mol. The molecule has 0 aromatic carbocycles. The van der Waals surface area contributed by atoms with Crippen LogP contribution in [0.5, 0.6) is 0 Å². The van der Waals surface area contributed by atoms with E-state index in [1.165, 1.54) is 19.4 Å². The molecule has 118 valence electrons. The van der Waals surface area contributed by atoms with E-state index in [2.05, 4.69) is 49.9 Å². The van der Waals surface area contributed by atoms with Gasteiger partial charge in [0.2, 0.25) is 0 Å². The van der Waals surface area contributed by atoms with Gasteiger partial charge in [0.15, 0.2) is 0 Å². The molecule has 20 heavy (non-hydrogen) atoms. The van der Waals surface area contributed by atoms with Gasteiger partial charge in [-0.25, -0.2) is 0 Å². The van der Waals surface area contributed by atoms with Crippen molar-refractivity contribution in [2.45, 2.75) is 64.3 Å². The number of piperazine rings is 1. The van der Waals surface area contributed by atoms with Crippen molar-refractivity contribution >= 4 is 0 Å². The van der Waals surface area contributed by atoms with E-state index in [-0.39, 0.29) is 5.54 Å². The van der Waals surface area contributed by atoms with Crippen LogP contribution in [0.15, 0.2) is 0 Å². The standard InChI is InChI=1S/C16H33N3O/c1-13(2)17-10-14-6-7-15(20-14)11-19-9-8-18(5)16(3,4)12-19/h13-15,17H,6-12H2,1-5H3. The molecule has 2 aliphatic heterocycles. The molecule has 2 atom stereocenters. The van der Waals surface area contributed by atoms with Gasteiger partial charge in [-0.1, -0.05) is 13.8 Å². The highest BCUT2D eigenvalue weighted by Gasteiger charge is 2.33. The molecular formula is C16H33N3O. The summed E-state index contributed by atoms with van der Waals surface area (Å²) in [7, 11) is 2.23. The molecule has 1 N–H and O–H groups in total. The smallest absolute Gasteiger partial charge is 0.0707 e. The lowest BCUT2D eigenvalue weighted by Crippen LogP contribution is -2.58. The third-order valence-corrected chi connectivity index (χ3v) is 4.81. The van der Waals surface area contributed by atoms with Crippen molar-refractivity contribution in [3.63, 3.8) is 0 Å². The van der Waals surface area contributed by atoms with Gasteiger partial charge in [-0.3, -0.25) is 9.80 Å². The van der Waals surface area contributed by atoms with Crippen LogP contribution in [-0.2, 0) is 4.74 Å². The Morgan fingerprint density at radius 1 is 1.20 bits per heavy atom. The molecule has 2 saturated heterocycles. The van der Waals surface area contributed by atoms with Gasteiger partial charge in [0.05, 0.1) is 12.2 Å². The monoisotopic (exact) mass is 283 g/mol. The van der Waals surface area contributed by atoms with E-state index in [0.717, 1.165) is 26.2 Å². The fraction of sp³-hybridized carbons (Fsp3) is 1.00. The van der Waals surface area contributed by atoms with Crippen molar-refractivity contribution in [1.29, 1.82) is 0 Å². The number of likely N-dealkylation sites (N-methyl/N-ethyl adjacent to an activating group) is 1. The Balaban J connectivity index is 1.72. The molecule has 4 heteroatoms. The second-order valence-electron chi connectivity index (χ2n) is 7.49. The van der Waals surface area contributed by atoms with Crippen molar-refractivity contribution in [3.8, 4) is 0 Å². The highest BCUT2D eigenvalue weighted by Crippen LogP contribution is 2.23. The van der Waals surface area contributed by atoms with E-state index in [1.54, 1.807) is 0 Å². The first kappa shape index (κ1) is 16.2. The largest absolute Gasteiger partial charge is 0.372 e. The van der Waals surface area contributed by atoms with Crippen molar-refractivity contribution < 1.29 is 4.74 Å². The number of hydrogen-bond acceptors (Lipinski definition) is 4. The van der Waals surface area contributed by atoms with E-state index >= 15 is 0 Å². The van der Waals surface area contributed by atoms with Crippen LogP contribution in [0, 0.1) is 0 Å². The van der Waals surface area contributed by atoms with E-state index in [1.807, 2.05) is 0 Å². The van der Waals surface area contributed by atoms with E-state index < -0.39 is 0 Å². The van der Waals surface area contributed by atoms with E-state index in [0.29, 0.717) is 18.2 Å². The lowest BCUT2D eigenvalue weighted by Gasteiger charge is -2.45. The molecular weight excluding hydrogens is 250 g/mol. The van der Waals surface area contributed by atoms with Gasteiger partial charge in [0.1, 0.15) is 0 Å². The fourth-order valence-corrected chi connectivity index (χ4v) is 3.22. The van der Waals surface area contributed by atoms with E-state index in [9.17, 15) is 0 Å². The quantitative estimate of drug-likeness (QED) is 0.829. The maximum Gasteiger partial charge on any atom is 0.0707 e. The van der Waals surface area contributed by atoms with Crippen LogP contribution in [0.3, 0.4) is 0 Å². The molecule has 0 aromatic heterocycles. The highest BCUT2D eigenvalue weighted by molar-refractivity contribution is 4.90. The molecule has 2 heterocycles. The molecule has 2 rings (SSSR count). The fourth-order valence-electron chi connectivity index (χ4n) is 3.22. The first-order valence-corrected chi connectivity index (χ1v) is 8.19. The maximum absolute atomic E-state index is 6.19. The molecule has 2 aliphatic rings. The second-order valence-corrected chi connectivity index (χ2v) is 7.49. The van der Waals surface area contributed by atoms with Crippen LogP contribution in [0.1, 0.15) is 40.5 Å². The normalized spacial score (nSPS) is 32.1. The first-order valence-electron chi connectivity index (χ1n) is 8.19. The SMILES string of the molecule is CC(C)NCC1CCC(CN2CCN(C)C(C)(C)C2)O1. The first-order chi connectivity index (χ1) is 9.37. The third kappa shape index (κ3) is 4.42. The van der Waals surface area contributed by atoms with Gasteiger partial charge >= 0.3 is 0 Å². The zero-order valence-corrected chi connectivity index (χ0v) is 14.0. The predicted octanol–water partition coefficient (Wildman–Crippen LogP) is 1.56. The summed E-state index contributed by atoms with van der Waals surface area (Å²) in [6, 6.07) is 0.552. The van der Waals surface area contributed by atoms with Crippen LogP contribution in [0.4, 0.5) is 0 Å². The molecule has 0 aliphatic carbocycles. The van der Waals surface area contributed by atoms with Gasteiger partial charge in [-0.2, -0.15) is 0 Å². The number of nitrogens with zero attached hydrogens (tertiary/aromatic N) is 2. The third-order valence-electron chi connectivity index (χ3n) is 4.81. The van der Waals surface area contributed by atoms with Gasteiger partial charge in [0, 0.05) is 44.3 Å². The van der Waals surface area contributed by atoms with Gasteiger partial charge in [-0.15, -0.1) is 0 Å². The van der Waals surface area contributed by atoms with Crippen molar-refractivity contribution in [1.82, 2.24) is 15.1 Å². The summed E-state index contributed by atoms with van der Waals surface area (Å²) in [6.07, 6.45) is 3.29. The molecule has 0 saturated carbocycles. The number of nitrogens with one attached hydrogen (secondary N) is 1. The Hall–Kier alpha value is -0.160. The van der Waals surface area contributed by atoms with Gasteiger partial charge in [0.25, 0.3) is 0 Å². The Morgan fingerprint density at radius 2 is 1.90 bits per heavy atom. The summed E-state index contributed by atoms with van der Waals surface area (Å²) in [6.45, 7) is 14.7. The summed E-state index contributed by atoms with van der Waals surface area (Å²) >= 11 is 0. The molecule has 4 nitrogen and oxygen atoms in total. The Labute approximate surface area is 124 Å².